The summed E-state index contributed by atoms with van der Waals surface area (Å²) in [5, 5.41) is 3.27. The Hall–Kier alpha value is -1.06. The molecule has 0 amide bonds. The lowest BCUT2D eigenvalue weighted by atomic mass is 10.0. The van der Waals surface area contributed by atoms with E-state index in [9.17, 15) is 0 Å². The second kappa shape index (κ2) is 6.92. The number of nitrogens with one attached hydrogen (secondary N) is 1. The lowest BCUT2D eigenvalue weighted by Gasteiger charge is -2.39. The molecular formula is C16H26N2O. The molecule has 1 heterocycles. The zero-order valence-electron chi connectivity index (χ0n) is 12.2. The van der Waals surface area contributed by atoms with Gasteiger partial charge in [0.25, 0.3) is 0 Å². The number of benzene rings is 1. The van der Waals surface area contributed by atoms with Gasteiger partial charge < -0.3 is 15.0 Å². The number of hydrogen-bond donors (Lipinski definition) is 1. The molecule has 0 spiro atoms. The van der Waals surface area contributed by atoms with Crippen LogP contribution in [0.4, 0.5) is 5.69 Å². The molecule has 0 aliphatic carbocycles. The highest BCUT2D eigenvalue weighted by Crippen LogP contribution is 2.17. The monoisotopic (exact) mass is 262 g/mol. The maximum atomic E-state index is 5.99. The molecular weight excluding hydrogens is 236 g/mol. The van der Waals surface area contributed by atoms with Crippen LogP contribution in [-0.4, -0.2) is 38.4 Å². The van der Waals surface area contributed by atoms with Gasteiger partial charge in [-0.1, -0.05) is 31.5 Å². The van der Waals surface area contributed by atoms with E-state index in [1.165, 1.54) is 18.5 Å². The minimum atomic E-state index is 0.0626. The molecule has 1 aliphatic rings. The molecule has 1 N–H and O–H groups in total. The highest BCUT2D eigenvalue weighted by atomic mass is 16.5. The summed E-state index contributed by atoms with van der Waals surface area (Å²) in [5.41, 5.74) is 1.36. The SMILES string of the molecule is CCCCN(CCOC1(C)CNC1)c1ccccc1. The fourth-order valence-electron chi connectivity index (χ4n) is 2.34. The number of unbranched alkanes of at least 4 members (excludes halogenated alkanes) is 1. The molecule has 2 rings (SSSR count). The van der Waals surface area contributed by atoms with Gasteiger partial charge in [0.15, 0.2) is 0 Å². The zero-order chi connectivity index (χ0) is 13.6. The van der Waals surface area contributed by atoms with Crippen molar-refractivity contribution in [2.75, 3.05) is 37.7 Å². The van der Waals surface area contributed by atoms with Gasteiger partial charge in [-0.15, -0.1) is 0 Å². The van der Waals surface area contributed by atoms with Gasteiger partial charge in [0.2, 0.25) is 0 Å². The van der Waals surface area contributed by atoms with Crippen molar-refractivity contribution >= 4 is 5.69 Å². The molecule has 0 radical (unpaired) electrons. The quantitative estimate of drug-likeness (QED) is 0.779. The van der Waals surface area contributed by atoms with Crippen LogP contribution in [0.25, 0.3) is 0 Å². The van der Waals surface area contributed by atoms with Crippen LogP contribution in [0, 0.1) is 0 Å². The third-order valence-electron chi connectivity index (χ3n) is 3.71. The van der Waals surface area contributed by atoms with E-state index in [0.29, 0.717) is 0 Å². The molecule has 1 aromatic carbocycles. The molecule has 3 heteroatoms. The van der Waals surface area contributed by atoms with Crippen molar-refractivity contribution in [3.63, 3.8) is 0 Å². The largest absolute Gasteiger partial charge is 0.371 e. The molecule has 19 heavy (non-hydrogen) atoms. The van der Waals surface area contributed by atoms with Crippen LogP contribution >= 0.6 is 0 Å². The third kappa shape index (κ3) is 4.22. The first kappa shape index (κ1) is 14.4. The van der Waals surface area contributed by atoms with Crippen LogP contribution in [0.1, 0.15) is 26.7 Å². The zero-order valence-corrected chi connectivity index (χ0v) is 12.2. The van der Waals surface area contributed by atoms with Gasteiger partial charge in [-0.2, -0.15) is 0 Å². The van der Waals surface area contributed by atoms with Gasteiger partial charge >= 0.3 is 0 Å². The number of nitrogens with zero attached hydrogens (tertiary/aromatic N) is 1. The van der Waals surface area contributed by atoms with Crippen molar-refractivity contribution in [3.8, 4) is 0 Å². The van der Waals surface area contributed by atoms with Crippen molar-refractivity contribution in [1.29, 1.82) is 0 Å². The van der Waals surface area contributed by atoms with Crippen LogP contribution in [0.15, 0.2) is 30.3 Å². The van der Waals surface area contributed by atoms with Crippen LogP contribution in [0.5, 0.6) is 0 Å². The summed E-state index contributed by atoms with van der Waals surface area (Å²) in [4.78, 5) is 2.43. The minimum Gasteiger partial charge on any atom is -0.371 e. The van der Waals surface area contributed by atoms with E-state index in [2.05, 4.69) is 54.4 Å². The van der Waals surface area contributed by atoms with E-state index < -0.39 is 0 Å². The molecule has 1 aromatic rings. The van der Waals surface area contributed by atoms with Crippen molar-refractivity contribution in [1.82, 2.24) is 5.32 Å². The summed E-state index contributed by atoms with van der Waals surface area (Å²) in [6.45, 7) is 9.26. The first-order chi connectivity index (χ1) is 9.23. The van der Waals surface area contributed by atoms with Crippen LogP contribution in [-0.2, 0) is 4.74 Å². The normalized spacial score (nSPS) is 16.9. The topological polar surface area (TPSA) is 24.5 Å². The predicted octanol–water partition coefficient (Wildman–Crippen LogP) is 2.67. The van der Waals surface area contributed by atoms with Gasteiger partial charge in [-0.3, -0.25) is 0 Å². The fourth-order valence-corrected chi connectivity index (χ4v) is 2.34. The predicted molar refractivity (Wildman–Crippen MR) is 80.8 cm³/mol. The lowest BCUT2D eigenvalue weighted by molar-refractivity contribution is -0.0633. The van der Waals surface area contributed by atoms with Gasteiger partial charge in [0.1, 0.15) is 0 Å². The van der Waals surface area contributed by atoms with Crippen molar-refractivity contribution in [2.24, 2.45) is 0 Å². The Bertz CT molecular complexity index is 362. The molecule has 106 valence electrons. The molecule has 1 aliphatic heterocycles. The summed E-state index contributed by atoms with van der Waals surface area (Å²) >= 11 is 0. The molecule has 1 fully saturated rings. The Balaban J connectivity index is 1.83. The van der Waals surface area contributed by atoms with Crippen LogP contribution in [0.2, 0.25) is 0 Å². The van der Waals surface area contributed by atoms with Crippen LogP contribution in [0.3, 0.4) is 0 Å². The average molecular weight is 262 g/mol. The molecule has 0 bridgehead atoms. The Morgan fingerprint density at radius 1 is 1.21 bits per heavy atom. The van der Waals surface area contributed by atoms with E-state index in [1.54, 1.807) is 0 Å². The van der Waals surface area contributed by atoms with Gasteiger partial charge in [-0.25, -0.2) is 0 Å². The summed E-state index contributed by atoms with van der Waals surface area (Å²) in [6, 6.07) is 10.6. The first-order valence-corrected chi connectivity index (χ1v) is 7.38. The Morgan fingerprint density at radius 2 is 1.95 bits per heavy atom. The second-order valence-corrected chi connectivity index (χ2v) is 5.58. The number of ether oxygens (including phenoxy) is 1. The van der Waals surface area contributed by atoms with Crippen LogP contribution < -0.4 is 10.2 Å². The Kier molecular flexibility index (Phi) is 5.23. The summed E-state index contributed by atoms with van der Waals surface area (Å²) < 4.78 is 5.99. The van der Waals surface area contributed by atoms with Crippen molar-refractivity contribution in [2.45, 2.75) is 32.3 Å². The Morgan fingerprint density at radius 3 is 2.53 bits per heavy atom. The van der Waals surface area contributed by atoms with Gasteiger partial charge in [0.05, 0.1) is 12.2 Å². The average Bonchev–Trinajstić information content (AvgIpc) is 2.41. The third-order valence-corrected chi connectivity index (χ3v) is 3.71. The molecule has 0 atom stereocenters. The van der Waals surface area contributed by atoms with Crippen molar-refractivity contribution in [3.05, 3.63) is 30.3 Å². The molecule has 1 saturated heterocycles. The van der Waals surface area contributed by atoms with E-state index in [-0.39, 0.29) is 5.60 Å². The fraction of sp³-hybridized carbons (Fsp3) is 0.625. The summed E-state index contributed by atoms with van der Waals surface area (Å²) in [5.74, 6) is 0. The van der Waals surface area contributed by atoms with E-state index in [4.69, 9.17) is 4.74 Å². The highest BCUT2D eigenvalue weighted by Gasteiger charge is 2.32. The minimum absolute atomic E-state index is 0.0626. The lowest BCUT2D eigenvalue weighted by Crippen LogP contribution is -2.59. The maximum Gasteiger partial charge on any atom is 0.0902 e. The molecule has 0 saturated carbocycles. The van der Waals surface area contributed by atoms with E-state index in [0.717, 1.165) is 32.8 Å². The molecule has 0 aromatic heterocycles. The van der Waals surface area contributed by atoms with Gasteiger partial charge in [0, 0.05) is 31.9 Å². The standard InChI is InChI=1S/C16H26N2O/c1-3-4-10-18(15-8-6-5-7-9-15)11-12-19-16(2)13-17-14-16/h5-9,17H,3-4,10-14H2,1-2H3. The number of hydrogen-bond acceptors (Lipinski definition) is 3. The maximum absolute atomic E-state index is 5.99. The summed E-state index contributed by atoms with van der Waals surface area (Å²) in [7, 11) is 0. The number of rotatable bonds is 8. The number of para-hydroxylation sites is 1. The van der Waals surface area contributed by atoms with E-state index in [1.807, 2.05) is 0 Å². The second-order valence-electron chi connectivity index (χ2n) is 5.58. The number of anilines is 1. The van der Waals surface area contributed by atoms with Gasteiger partial charge in [-0.05, 0) is 25.5 Å². The van der Waals surface area contributed by atoms with E-state index >= 15 is 0 Å². The summed E-state index contributed by atoms with van der Waals surface area (Å²) in [6.07, 6.45) is 2.46. The molecule has 0 unspecified atom stereocenters. The first-order valence-electron chi connectivity index (χ1n) is 7.38. The highest BCUT2D eigenvalue weighted by molar-refractivity contribution is 5.45. The van der Waals surface area contributed by atoms with Crippen molar-refractivity contribution < 1.29 is 4.74 Å². The molecule has 3 nitrogen and oxygen atoms in total. The Labute approximate surface area is 116 Å². The smallest absolute Gasteiger partial charge is 0.0902 e.